The summed E-state index contributed by atoms with van der Waals surface area (Å²) in [4.78, 5) is 4.21. The van der Waals surface area contributed by atoms with E-state index in [-0.39, 0.29) is 0 Å². The van der Waals surface area contributed by atoms with Crippen LogP contribution >= 0.6 is 0 Å². The fourth-order valence-corrected chi connectivity index (χ4v) is 10.2. The highest BCUT2D eigenvalue weighted by molar-refractivity contribution is 6.95. The first-order valence-corrected chi connectivity index (χ1v) is 12.3. The van der Waals surface area contributed by atoms with Crippen molar-refractivity contribution >= 4 is 16.5 Å². The molecule has 1 aromatic heterocycles. The van der Waals surface area contributed by atoms with Gasteiger partial charge in [0.15, 0.2) is 0 Å². The average Bonchev–Trinajstić information content (AvgIpc) is 2.37. The van der Waals surface area contributed by atoms with Crippen molar-refractivity contribution in [2.75, 3.05) is 0 Å². The molecule has 0 spiro atoms. The number of hydrogen-bond acceptors (Lipinski definition) is 2. The van der Waals surface area contributed by atoms with Gasteiger partial charge in [-0.1, -0.05) is 43.7 Å². The topological polar surface area (TPSA) is 16.1 Å². The van der Waals surface area contributed by atoms with E-state index >= 15 is 0 Å². The highest BCUT2D eigenvalue weighted by Gasteiger charge is 2.36. The fourth-order valence-electron chi connectivity index (χ4n) is 2.04. The van der Waals surface area contributed by atoms with Crippen LogP contribution in [0.15, 0.2) is 49.1 Å². The van der Waals surface area contributed by atoms with Crippen LogP contribution in [0.25, 0.3) is 0 Å². The van der Waals surface area contributed by atoms with Gasteiger partial charge >= 0.3 is 0 Å². The van der Waals surface area contributed by atoms with Crippen LogP contribution in [0.2, 0.25) is 26.2 Å². The molecular formula is C14H24N2Si2. The molecule has 0 N–H and O–H groups in total. The number of pyridine rings is 1. The quantitative estimate of drug-likeness (QED) is 0.736. The van der Waals surface area contributed by atoms with Crippen LogP contribution in [0.4, 0.5) is 0 Å². The molecule has 2 nitrogen and oxygen atoms in total. The fraction of sp³-hybridized carbons (Fsp3) is 0.357. The van der Waals surface area contributed by atoms with Crippen LogP contribution in [0.5, 0.6) is 0 Å². The van der Waals surface area contributed by atoms with Crippen molar-refractivity contribution in [3.8, 4) is 0 Å². The molecule has 0 saturated carbocycles. The van der Waals surface area contributed by atoms with Gasteiger partial charge in [-0.3, -0.25) is 4.98 Å². The van der Waals surface area contributed by atoms with Crippen molar-refractivity contribution in [3.63, 3.8) is 0 Å². The molecule has 1 rings (SSSR count). The Morgan fingerprint density at radius 2 is 1.72 bits per heavy atom. The Morgan fingerprint density at radius 1 is 1.17 bits per heavy atom. The lowest BCUT2D eigenvalue weighted by molar-refractivity contribution is 0.619. The number of hydrogen-bond donors (Lipinski definition) is 0. The van der Waals surface area contributed by atoms with Gasteiger partial charge in [-0.25, -0.2) is 0 Å². The summed E-state index contributed by atoms with van der Waals surface area (Å²) in [5.74, 6) is 0. The Labute approximate surface area is 113 Å². The molecule has 0 fully saturated rings. The molecule has 0 aliphatic carbocycles. The van der Waals surface area contributed by atoms with Crippen molar-refractivity contribution in [3.05, 3.63) is 54.6 Å². The molecule has 18 heavy (non-hydrogen) atoms. The Hall–Kier alpha value is -0.976. The standard InChI is InChI=1S/C14H24N2Si2/c1-7-17(3,4)16(18(5,6)8-2)13-14-10-9-11-15-12-14/h7-12H,1-2,13H2,3-6H3. The van der Waals surface area contributed by atoms with E-state index in [1.54, 1.807) is 0 Å². The highest BCUT2D eigenvalue weighted by atomic mass is 28.4. The maximum absolute atomic E-state index is 4.21. The number of nitrogens with zero attached hydrogens (tertiary/aromatic N) is 2. The molecule has 0 atom stereocenters. The molecular weight excluding hydrogens is 252 g/mol. The van der Waals surface area contributed by atoms with E-state index < -0.39 is 16.5 Å². The Morgan fingerprint density at radius 3 is 2.11 bits per heavy atom. The van der Waals surface area contributed by atoms with E-state index in [4.69, 9.17) is 0 Å². The summed E-state index contributed by atoms with van der Waals surface area (Å²) in [5, 5.41) is 0. The predicted octanol–water partition coefficient (Wildman–Crippen LogP) is 3.74. The number of rotatable bonds is 6. The summed E-state index contributed by atoms with van der Waals surface area (Å²) in [6.45, 7) is 18.4. The molecule has 1 aromatic rings. The van der Waals surface area contributed by atoms with Gasteiger partial charge in [0.1, 0.15) is 16.5 Å². The van der Waals surface area contributed by atoms with Crippen LogP contribution in [0.3, 0.4) is 0 Å². The van der Waals surface area contributed by atoms with Crippen molar-refractivity contribution in [1.29, 1.82) is 0 Å². The third-order valence-corrected chi connectivity index (χ3v) is 12.0. The third-order valence-electron chi connectivity index (χ3n) is 3.45. The van der Waals surface area contributed by atoms with E-state index in [0.29, 0.717) is 0 Å². The minimum atomic E-state index is -1.59. The molecule has 0 unspecified atom stereocenters. The van der Waals surface area contributed by atoms with Gasteiger partial charge in [0.05, 0.1) is 0 Å². The van der Waals surface area contributed by atoms with E-state index in [1.165, 1.54) is 5.56 Å². The molecule has 0 aliphatic rings. The van der Waals surface area contributed by atoms with Gasteiger partial charge in [-0.15, -0.1) is 13.2 Å². The van der Waals surface area contributed by atoms with E-state index in [1.807, 2.05) is 18.5 Å². The van der Waals surface area contributed by atoms with E-state index in [9.17, 15) is 0 Å². The molecule has 1 heterocycles. The summed E-state index contributed by atoms with van der Waals surface area (Å²) < 4.78 is 2.65. The van der Waals surface area contributed by atoms with Crippen LogP contribution < -0.4 is 0 Å². The summed E-state index contributed by atoms with van der Waals surface area (Å²) in [6.07, 6.45) is 3.77. The molecule has 0 radical (unpaired) electrons. The van der Waals surface area contributed by atoms with E-state index in [2.05, 4.69) is 66.0 Å². The van der Waals surface area contributed by atoms with Gasteiger partial charge in [0, 0.05) is 18.9 Å². The maximum Gasteiger partial charge on any atom is 0.140 e. The lowest BCUT2D eigenvalue weighted by atomic mass is 10.3. The number of aromatic nitrogens is 1. The van der Waals surface area contributed by atoms with Crippen molar-refractivity contribution in [1.82, 2.24) is 9.22 Å². The van der Waals surface area contributed by atoms with Crippen molar-refractivity contribution in [2.24, 2.45) is 0 Å². The molecule has 0 bridgehead atoms. The van der Waals surface area contributed by atoms with Crippen LogP contribution in [0.1, 0.15) is 5.56 Å². The van der Waals surface area contributed by atoms with Gasteiger partial charge in [0.25, 0.3) is 0 Å². The second-order valence-electron chi connectivity index (χ2n) is 5.66. The summed E-state index contributed by atoms with van der Waals surface area (Å²) in [6, 6.07) is 4.14. The second-order valence-corrected chi connectivity index (χ2v) is 14.6. The van der Waals surface area contributed by atoms with E-state index in [0.717, 1.165) is 6.54 Å². The molecule has 4 heteroatoms. The van der Waals surface area contributed by atoms with Crippen LogP contribution in [-0.2, 0) is 6.54 Å². The summed E-state index contributed by atoms with van der Waals surface area (Å²) in [5.41, 5.74) is 5.57. The monoisotopic (exact) mass is 276 g/mol. The van der Waals surface area contributed by atoms with Crippen molar-refractivity contribution in [2.45, 2.75) is 32.7 Å². The van der Waals surface area contributed by atoms with Crippen molar-refractivity contribution < 1.29 is 0 Å². The molecule has 0 saturated heterocycles. The zero-order valence-electron chi connectivity index (χ0n) is 12.0. The first kappa shape index (κ1) is 15.1. The predicted molar refractivity (Wildman–Crippen MR) is 85.1 cm³/mol. The normalized spacial score (nSPS) is 12.5. The SMILES string of the molecule is C=C[Si](C)(C)N(Cc1cccnc1)[Si](C)(C)C=C. The smallest absolute Gasteiger partial charge is 0.140 e. The minimum absolute atomic E-state index is 0.949. The Balaban J connectivity index is 3.07. The molecule has 0 amide bonds. The lowest BCUT2D eigenvalue weighted by Gasteiger charge is -2.44. The van der Waals surface area contributed by atoms with Gasteiger partial charge in [-0.05, 0) is 11.6 Å². The molecule has 0 aromatic carbocycles. The van der Waals surface area contributed by atoms with Gasteiger partial charge in [0.2, 0.25) is 0 Å². The first-order chi connectivity index (χ1) is 8.33. The minimum Gasteiger partial charge on any atom is -0.335 e. The Kier molecular flexibility index (Phi) is 4.84. The van der Waals surface area contributed by atoms with Gasteiger partial charge < -0.3 is 4.23 Å². The average molecular weight is 277 g/mol. The maximum atomic E-state index is 4.21. The Bertz CT molecular complexity index is 393. The molecule has 0 aliphatic heterocycles. The second kappa shape index (κ2) is 5.78. The summed E-state index contributed by atoms with van der Waals surface area (Å²) >= 11 is 0. The van der Waals surface area contributed by atoms with Gasteiger partial charge in [-0.2, -0.15) is 0 Å². The summed E-state index contributed by atoms with van der Waals surface area (Å²) in [7, 11) is -3.17. The first-order valence-electron chi connectivity index (χ1n) is 6.27. The zero-order chi connectivity index (χ0) is 13.8. The lowest BCUT2D eigenvalue weighted by Crippen LogP contribution is -2.59. The highest BCUT2D eigenvalue weighted by Crippen LogP contribution is 2.24. The largest absolute Gasteiger partial charge is 0.335 e. The van der Waals surface area contributed by atoms with Crippen LogP contribution in [-0.4, -0.2) is 25.7 Å². The third kappa shape index (κ3) is 3.51. The van der Waals surface area contributed by atoms with Crippen LogP contribution in [0, 0.1) is 0 Å². The molecule has 98 valence electrons. The zero-order valence-corrected chi connectivity index (χ0v) is 14.0.